The molecule has 120 valence electrons. The Morgan fingerprint density at radius 1 is 1.32 bits per heavy atom. The van der Waals surface area contributed by atoms with Crippen molar-refractivity contribution in [1.82, 2.24) is 5.32 Å². The lowest BCUT2D eigenvalue weighted by atomic mass is 10.1. The van der Waals surface area contributed by atoms with Crippen LogP contribution in [0.4, 0.5) is 9.18 Å². The fourth-order valence-electron chi connectivity index (χ4n) is 2.07. The van der Waals surface area contributed by atoms with Crippen LogP contribution in [-0.2, 0) is 11.2 Å². The highest BCUT2D eigenvalue weighted by molar-refractivity contribution is 5.80. The van der Waals surface area contributed by atoms with Gasteiger partial charge in [-0.15, -0.1) is 0 Å². The Morgan fingerprint density at radius 2 is 2.05 bits per heavy atom. The van der Waals surface area contributed by atoms with Crippen molar-refractivity contribution in [3.63, 3.8) is 0 Å². The van der Waals surface area contributed by atoms with E-state index < -0.39 is 17.7 Å². The molecule has 1 aromatic heterocycles. The van der Waals surface area contributed by atoms with E-state index in [1.165, 1.54) is 6.07 Å². The average Bonchev–Trinajstić information content (AvgIpc) is 2.74. The van der Waals surface area contributed by atoms with Gasteiger partial charge >= 0.3 is 6.09 Å². The number of benzene rings is 1. The van der Waals surface area contributed by atoms with Gasteiger partial charge in [0.05, 0.1) is 7.11 Å². The maximum Gasteiger partial charge on any atom is 0.407 e. The summed E-state index contributed by atoms with van der Waals surface area (Å²) >= 11 is 0. The normalized spacial score (nSPS) is 11.5. The molecule has 0 unspecified atom stereocenters. The molecule has 5 nitrogen and oxygen atoms in total. The van der Waals surface area contributed by atoms with Crippen LogP contribution in [0.25, 0.3) is 11.0 Å². The van der Waals surface area contributed by atoms with Crippen molar-refractivity contribution >= 4 is 17.1 Å². The van der Waals surface area contributed by atoms with Gasteiger partial charge in [-0.1, -0.05) is 0 Å². The lowest BCUT2D eigenvalue weighted by molar-refractivity contribution is 0.0528. The van der Waals surface area contributed by atoms with Gasteiger partial charge in [-0.05, 0) is 44.9 Å². The smallest absolute Gasteiger partial charge is 0.407 e. The Morgan fingerprint density at radius 3 is 2.68 bits per heavy atom. The summed E-state index contributed by atoms with van der Waals surface area (Å²) in [6.07, 6.45) is 0.0392. The number of hydrogen-bond donors (Lipinski definition) is 1. The number of fused-ring (bicyclic) bond motifs is 1. The molecule has 0 fully saturated rings. The van der Waals surface area contributed by atoms with E-state index in [0.717, 1.165) is 5.56 Å². The quantitative estimate of drug-likeness (QED) is 0.936. The van der Waals surface area contributed by atoms with Crippen molar-refractivity contribution in [2.24, 2.45) is 0 Å². The summed E-state index contributed by atoms with van der Waals surface area (Å²) in [5.41, 5.74) is 0.734. The minimum Gasteiger partial charge on any atom is -0.496 e. The van der Waals surface area contributed by atoms with Gasteiger partial charge in [0.2, 0.25) is 0 Å². The van der Waals surface area contributed by atoms with Gasteiger partial charge in [-0.2, -0.15) is 4.39 Å². The van der Waals surface area contributed by atoms with E-state index in [1.54, 1.807) is 40.0 Å². The highest BCUT2D eigenvalue weighted by Crippen LogP contribution is 2.28. The lowest BCUT2D eigenvalue weighted by Crippen LogP contribution is -2.33. The zero-order valence-electron chi connectivity index (χ0n) is 13.2. The van der Waals surface area contributed by atoms with E-state index in [9.17, 15) is 9.18 Å². The Balaban J connectivity index is 2.03. The number of rotatable bonds is 4. The summed E-state index contributed by atoms with van der Waals surface area (Å²) < 4.78 is 28.5. The molecule has 1 aromatic carbocycles. The van der Waals surface area contributed by atoms with E-state index in [2.05, 4.69) is 5.32 Å². The van der Waals surface area contributed by atoms with Crippen molar-refractivity contribution in [2.75, 3.05) is 13.7 Å². The third kappa shape index (κ3) is 4.13. The summed E-state index contributed by atoms with van der Waals surface area (Å²) in [6.45, 7) is 5.78. The average molecular weight is 309 g/mol. The number of alkyl carbamates (subject to hydrolysis) is 1. The van der Waals surface area contributed by atoms with Gasteiger partial charge in [0.1, 0.15) is 16.9 Å². The SMILES string of the molecule is COc1cc2cc(F)oc2cc1CCNC(=O)OC(C)(C)C. The van der Waals surface area contributed by atoms with Crippen molar-refractivity contribution < 1.29 is 23.1 Å². The first-order valence-corrected chi connectivity index (χ1v) is 7.01. The summed E-state index contributed by atoms with van der Waals surface area (Å²) in [6, 6.07) is 4.10. The van der Waals surface area contributed by atoms with Crippen LogP contribution in [0.15, 0.2) is 22.6 Å². The number of carbonyl (C=O) groups excluding carboxylic acids is 1. The number of amides is 1. The van der Waals surface area contributed by atoms with Crippen LogP contribution in [-0.4, -0.2) is 25.3 Å². The van der Waals surface area contributed by atoms with Crippen molar-refractivity contribution in [3.8, 4) is 5.75 Å². The molecule has 6 heteroatoms. The largest absolute Gasteiger partial charge is 0.496 e. The van der Waals surface area contributed by atoms with Crippen LogP contribution < -0.4 is 10.1 Å². The number of ether oxygens (including phenoxy) is 2. The van der Waals surface area contributed by atoms with E-state index in [0.29, 0.717) is 29.7 Å². The molecule has 22 heavy (non-hydrogen) atoms. The molecule has 1 amide bonds. The van der Waals surface area contributed by atoms with Crippen LogP contribution in [0.5, 0.6) is 5.75 Å². The maximum atomic E-state index is 13.1. The molecule has 0 saturated heterocycles. The second-order valence-corrected chi connectivity index (χ2v) is 5.93. The van der Waals surface area contributed by atoms with E-state index in [1.807, 2.05) is 0 Å². The second-order valence-electron chi connectivity index (χ2n) is 5.93. The zero-order valence-corrected chi connectivity index (χ0v) is 13.2. The molecule has 1 N–H and O–H groups in total. The highest BCUT2D eigenvalue weighted by atomic mass is 19.1. The summed E-state index contributed by atoms with van der Waals surface area (Å²) in [7, 11) is 1.54. The van der Waals surface area contributed by atoms with Crippen LogP contribution in [0.1, 0.15) is 26.3 Å². The van der Waals surface area contributed by atoms with Gasteiger partial charge in [-0.3, -0.25) is 0 Å². The number of halogens is 1. The van der Waals surface area contributed by atoms with Crippen LogP contribution >= 0.6 is 0 Å². The Labute approximate surface area is 128 Å². The van der Waals surface area contributed by atoms with E-state index in [-0.39, 0.29) is 0 Å². The van der Waals surface area contributed by atoms with Gasteiger partial charge in [0, 0.05) is 18.0 Å². The predicted octanol–water partition coefficient (Wildman–Crippen LogP) is 3.65. The van der Waals surface area contributed by atoms with Gasteiger partial charge < -0.3 is 19.2 Å². The molecule has 2 aromatic rings. The number of nitrogens with one attached hydrogen (secondary N) is 1. The molecule has 0 aliphatic rings. The fourth-order valence-corrected chi connectivity index (χ4v) is 2.07. The summed E-state index contributed by atoms with van der Waals surface area (Å²) in [5.74, 6) is 0.624. The molecule has 0 aliphatic heterocycles. The molecule has 0 bridgehead atoms. The van der Waals surface area contributed by atoms with Gasteiger partial charge in [0.15, 0.2) is 0 Å². The zero-order chi connectivity index (χ0) is 16.3. The minimum atomic E-state index is -0.638. The molecule has 0 spiro atoms. The number of furan rings is 1. The van der Waals surface area contributed by atoms with Crippen molar-refractivity contribution in [3.05, 3.63) is 29.8 Å². The van der Waals surface area contributed by atoms with Gasteiger partial charge in [0.25, 0.3) is 6.01 Å². The number of hydrogen-bond acceptors (Lipinski definition) is 4. The molecular formula is C16H20FNO4. The molecule has 2 rings (SSSR count). The molecule has 0 saturated carbocycles. The molecule has 0 radical (unpaired) electrons. The Hall–Kier alpha value is -2.24. The molecule has 0 atom stereocenters. The number of methoxy groups -OCH3 is 1. The molecular weight excluding hydrogens is 289 g/mol. The van der Waals surface area contributed by atoms with Crippen LogP contribution in [0.3, 0.4) is 0 Å². The van der Waals surface area contributed by atoms with Gasteiger partial charge in [-0.25, -0.2) is 4.79 Å². The topological polar surface area (TPSA) is 60.7 Å². The standard InChI is InChI=1S/C16H20FNO4/c1-16(2,3)22-15(19)18-6-5-10-7-13-11(8-12(10)20-4)9-14(17)21-13/h7-9H,5-6H2,1-4H3,(H,18,19). The second kappa shape index (κ2) is 6.25. The molecule has 1 heterocycles. The predicted molar refractivity (Wildman–Crippen MR) is 80.7 cm³/mol. The molecule has 0 aliphatic carbocycles. The third-order valence-electron chi connectivity index (χ3n) is 2.95. The van der Waals surface area contributed by atoms with Crippen LogP contribution in [0, 0.1) is 6.01 Å². The third-order valence-corrected chi connectivity index (χ3v) is 2.95. The van der Waals surface area contributed by atoms with Crippen LogP contribution in [0.2, 0.25) is 0 Å². The van der Waals surface area contributed by atoms with Crippen molar-refractivity contribution in [1.29, 1.82) is 0 Å². The fraction of sp³-hybridized carbons (Fsp3) is 0.438. The first-order valence-electron chi connectivity index (χ1n) is 7.01. The van der Waals surface area contributed by atoms with Crippen molar-refractivity contribution in [2.45, 2.75) is 32.8 Å². The van der Waals surface area contributed by atoms with E-state index in [4.69, 9.17) is 13.9 Å². The first-order chi connectivity index (χ1) is 10.3. The minimum absolute atomic E-state index is 0.375. The monoisotopic (exact) mass is 309 g/mol. The van der Waals surface area contributed by atoms with E-state index >= 15 is 0 Å². The summed E-state index contributed by atoms with van der Waals surface area (Å²) in [5, 5.41) is 3.31. The highest BCUT2D eigenvalue weighted by Gasteiger charge is 2.16. The number of carbonyl (C=O) groups is 1. The first kappa shape index (κ1) is 16.1. The Kier molecular flexibility index (Phi) is 4.59. The Bertz CT molecular complexity index is 673. The maximum absolute atomic E-state index is 13.1. The summed E-state index contributed by atoms with van der Waals surface area (Å²) in [4.78, 5) is 11.6. The lowest BCUT2D eigenvalue weighted by Gasteiger charge is -2.19.